The second-order valence-electron chi connectivity index (χ2n) is 4.72. The van der Waals surface area contributed by atoms with Gasteiger partial charge in [-0.2, -0.15) is 0 Å². The molecule has 2 aromatic carbocycles. The van der Waals surface area contributed by atoms with Crippen LogP contribution in [0.2, 0.25) is 5.02 Å². The molecular weight excluding hydrogens is 335 g/mol. The van der Waals surface area contributed by atoms with Crippen LogP contribution in [0, 0.1) is 5.82 Å². The second-order valence-corrected chi connectivity index (χ2v) is 5.13. The molecule has 0 spiro atoms. The summed E-state index contributed by atoms with van der Waals surface area (Å²) in [6.45, 7) is 1.90. The van der Waals surface area contributed by atoms with Crippen LogP contribution in [0.25, 0.3) is 0 Å². The van der Waals surface area contributed by atoms with E-state index >= 15 is 0 Å². The predicted molar refractivity (Wildman–Crippen MR) is 87.9 cm³/mol. The average Bonchev–Trinajstić information content (AvgIpc) is 2.57. The Hall–Kier alpha value is -2.66. The molecule has 124 valence electrons. The van der Waals surface area contributed by atoms with Gasteiger partial charge in [0.05, 0.1) is 10.6 Å². The van der Waals surface area contributed by atoms with Gasteiger partial charge in [-0.25, -0.2) is 14.0 Å². The third kappa shape index (κ3) is 4.93. The van der Waals surface area contributed by atoms with Crippen molar-refractivity contribution < 1.29 is 23.5 Å². The van der Waals surface area contributed by atoms with Crippen LogP contribution in [0.1, 0.15) is 23.7 Å². The zero-order valence-corrected chi connectivity index (χ0v) is 13.5. The maximum atomic E-state index is 13.3. The highest BCUT2D eigenvalue weighted by Crippen LogP contribution is 2.21. The van der Waals surface area contributed by atoms with Gasteiger partial charge in [0, 0.05) is 12.1 Å². The molecule has 0 aromatic heterocycles. The number of rotatable bonds is 5. The maximum absolute atomic E-state index is 13.3. The van der Waals surface area contributed by atoms with E-state index in [1.54, 1.807) is 6.08 Å². The number of halogens is 2. The molecule has 0 aliphatic rings. The minimum absolute atomic E-state index is 0.0436. The van der Waals surface area contributed by atoms with Gasteiger partial charge in [0.25, 0.3) is 0 Å². The summed E-state index contributed by atoms with van der Waals surface area (Å²) in [7, 11) is 0. The van der Waals surface area contributed by atoms with E-state index in [2.05, 4.69) is 0 Å². The Kier molecular flexibility index (Phi) is 6.09. The van der Waals surface area contributed by atoms with Crippen LogP contribution in [-0.2, 0) is 4.79 Å². The van der Waals surface area contributed by atoms with E-state index in [0.29, 0.717) is 5.75 Å². The molecule has 2 rings (SSSR count). The van der Waals surface area contributed by atoms with Gasteiger partial charge in [-0.1, -0.05) is 24.6 Å². The van der Waals surface area contributed by atoms with Crippen LogP contribution >= 0.6 is 11.6 Å². The highest BCUT2D eigenvalue weighted by atomic mass is 35.5. The third-order valence-corrected chi connectivity index (χ3v) is 3.21. The van der Waals surface area contributed by atoms with Crippen LogP contribution in [-0.4, -0.2) is 11.9 Å². The van der Waals surface area contributed by atoms with Crippen LogP contribution in [0.15, 0.2) is 54.6 Å². The fraction of sp³-hybridized carbons (Fsp3) is 0.111. The fourth-order valence-corrected chi connectivity index (χ4v) is 1.85. The lowest BCUT2D eigenvalue weighted by Gasteiger charge is -2.06. The molecule has 0 saturated carbocycles. The van der Waals surface area contributed by atoms with Gasteiger partial charge < -0.3 is 9.47 Å². The number of ether oxygens (including phenoxy) is 2. The zero-order valence-electron chi connectivity index (χ0n) is 12.8. The quantitative estimate of drug-likeness (QED) is 0.451. The van der Waals surface area contributed by atoms with Crippen molar-refractivity contribution in [1.29, 1.82) is 0 Å². The van der Waals surface area contributed by atoms with Gasteiger partial charge >= 0.3 is 11.9 Å². The van der Waals surface area contributed by atoms with E-state index in [4.69, 9.17) is 21.1 Å². The standard InChI is InChI=1S/C18H14ClFO4/c1-2-3-4-17(21)23-13-7-5-12(6-8-13)18(22)24-14-9-10-15(19)16(20)11-14/h3-11H,2H2,1H3/b4-3+. The van der Waals surface area contributed by atoms with Gasteiger partial charge in [-0.15, -0.1) is 0 Å². The van der Waals surface area contributed by atoms with E-state index in [9.17, 15) is 14.0 Å². The van der Waals surface area contributed by atoms with Gasteiger partial charge in [-0.05, 0) is 42.8 Å². The molecule has 0 aliphatic carbocycles. The van der Waals surface area contributed by atoms with Crippen molar-refractivity contribution in [1.82, 2.24) is 0 Å². The van der Waals surface area contributed by atoms with Crippen molar-refractivity contribution in [2.24, 2.45) is 0 Å². The summed E-state index contributed by atoms with van der Waals surface area (Å²) >= 11 is 5.56. The molecule has 0 atom stereocenters. The first kappa shape index (κ1) is 17.7. The lowest BCUT2D eigenvalue weighted by atomic mass is 10.2. The van der Waals surface area contributed by atoms with Crippen LogP contribution in [0.4, 0.5) is 4.39 Å². The number of allylic oxidation sites excluding steroid dienone is 1. The molecule has 0 amide bonds. The Balaban J connectivity index is 2.01. The Morgan fingerprint density at radius 2 is 1.75 bits per heavy atom. The number of benzene rings is 2. The Morgan fingerprint density at radius 1 is 1.08 bits per heavy atom. The van der Waals surface area contributed by atoms with Crippen molar-refractivity contribution >= 4 is 23.5 Å². The molecule has 0 aliphatic heterocycles. The van der Waals surface area contributed by atoms with Crippen molar-refractivity contribution in [2.75, 3.05) is 0 Å². The van der Waals surface area contributed by atoms with E-state index in [-0.39, 0.29) is 16.3 Å². The monoisotopic (exact) mass is 348 g/mol. The van der Waals surface area contributed by atoms with Crippen molar-refractivity contribution in [3.05, 3.63) is 71.0 Å². The molecule has 0 heterocycles. The molecule has 2 aromatic rings. The highest BCUT2D eigenvalue weighted by Gasteiger charge is 2.11. The lowest BCUT2D eigenvalue weighted by Crippen LogP contribution is -2.09. The summed E-state index contributed by atoms with van der Waals surface area (Å²) in [5, 5.41) is -0.0573. The Bertz CT molecular complexity index is 769. The summed E-state index contributed by atoms with van der Waals surface area (Å²) in [6, 6.07) is 9.54. The molecule has 0 saturated heterocycles. The first-order valence-electron chi connectivity index (χ1n) is 7.15. The van der Waals surface area contributed by atoms with Crippen molar-refractivity contribution in [3.63, 3.8) is 0 Å². The molecule has 0 radical (unpaired) electrons. The van der Waals surface area contributed by atoms with Crippen molar-refractivity contribution in [2.45, 2.75) is 13.3 Å². The lowest BCUT2D eigenvalue weighted by molar-refractivity contribution is -0.129. The average molecular weight is 349 g/mol. The number of carbonyl (C=O) groups excluding carboxylic acids is 2. The third-order valence-electron chi connectivity index (χ3n) is 2.90. The smallest absolute Gasteiger partial charge is 0.343 e. The van der Waals surface area contributed by atoms with Gasteiger partial charge in [0.1, 0.15) is 17.3 Å². The van der Waals surface area contributed by atoms with Gasteiger partial charge in [0.15, 0.2) is 0 Å². The first-order valence-corrected chi connectivity index (χ1v) is 7.53. The zero-order chi connectivity index (χ0) is 17.5. The first-order chi connectivity index (χ1) is 11.5. The maximum Gasteiger partial charge on any atom is 0.343 e. The van der Waals surface area contributed by atoms with Crippen LogP contribution in [0.5, 0.6) is 11.5 Å². The minimum atomic E-state index is -0.677. The number of carbonyl (C=O) groups is 2. The minimum Gasteiger partial charge on any atom is -0.423 e. The van der Waals surface area contributed by atoms with Gasteiger partial charge in [0.2, 0.25) is 0 Å². The Morgan fingerprint density at radius 3 is 2.38 bits per heavy atom. The summed E-state index contributed by atoms with van der Waals surface area (Å²) in [6.07, 6.45) is 3.74. The molecule has 6 heteroatoms. The molecule has 0 N–H and O–H groups in total. The number of esters is 2. The van der Waals surface area contributed by atoms with E-state index in [1.807, 2.05) is 6.92 Å². The van der Waals surface area contributed by atoms with E-state index < -0.39 is 17.8 Å². The van der Waals surface area contributed by atoms with Crippen LogP contribution in [0.3, 0.4) is 0 Å². The van der Waals surface area contributed by atoms with E-state index in [0.717, 1.165) is 12.5 Å². The normalized spacial score (nSPS) is 10.6. The highest BCUT2D eigenvalue weighted by molar-refractivity contribution is 6.30. The molecule has 0 bridgehead atoms. The summed E-state index contributed by atoms with van der Waals surface area (Å²) in [5.41, 5.74) is 0.231. The SMILES string of the molecule is CC/C=C/C(=O)Oc1ccc(C(=O)Oc2ccc(Cl)c(F)c2)cc1. The van der Waals surface area contributed by atoms with E-state index in [1.165, 1.54) is 42.5 Å². The predicted octanol–water partition coefficient (Wildman–Crippen LogP) is 4.57. The number of hydrogen-bond donors (Lipinski definition) is 0. The molecule has 0 unspecified atom stereocenters. The summed E-state index contributed by atoms with van der Waals surface area (Å²) < 4.78 is 23.4. The number of hydrogen-bond acceptors (Lipinski definition) is 4. The molecule has 4 nitrogen and oxygen atoms in total. The second kappa shape index (κ2) is 8.26. The Labute approximate surface area is 143 Å². The summed E-state index contributed by atoms with van der Waals surface area (Å²) in [4.78, 5) is 23.4. The summed E-state index contributed by atoms with van der Waals surface area (Å²) in [5.74, 6) is -1.49. The topological polar surface area (TPSA) is 52.6 Å². The molecule has 0 fully saturated rings. The van der Waals surface area contributed by atoms with Crippen LogP contribution < -0.4 is 9.47 Å². The largest absolute Gasteiger partial charge is 0.423 e. The molecule has 24 heavy (non-hydrogen) atoms. The van der Waals surface area contributed by atoms with Gasteiger partial charge in [-0.3, -0.25) is 0 Å². The van der Waals surface area contributed by atoms with Crippen molar-refractivity contribution in [3.8, 4) is 11.5 Å². The molecular formula is C18H14ClFO4. The fourth-order valence-electron chi connectivity index (χ4n) is 1.73.